The van der Waals surface area contributed by atoms with Gasteiger partial charge in [-0.15, -0.1) is 0 Å². The molecule has 0 atom stereocenters. The summed E-state index contributed by atoms with van der Waals surface area (Å²) in [6.45, 7) is 13.6. The average molecular weight is 413 g/mol. The zero-order valence-electron chi connectivity index (χ0n) is 22.3. The molecule has 0 aromatic rings. The molecule has 29 heavy (non-hydrogen) atoms. The number of hydrogen-bond acceptors (Lipinski definition) is 0. The summed E-state index contributed by atoms with van der Waals surface area (Å²) in [6, 6.07) is 0. The van der Waals surface area contributed by atoms with E-state index < -0.39 is 0 Å². The fourth-order valence-corrected chi connectivity index (χ4v) is 3.44. The van der Waals surface area contributed by atoms with E-state index in [0.29, 0.717) is 0 Å². The van der Waals surface area contributed by atoms with Crippen LogP contribution in [0.1, 0.15) is 189 Å². The maximum Gasteiger partial charge on any atom is -0.0533 e. The van der Waals surface area contributed by atoms with Gasteiger partial charge >= 0.3 is 0 Å². The van der Waals surface area contributed by atoms with Crippen LogP contribution in [-0.2, 0) is 0 Å². The van der Waals surface area contributed by atoms with E-state index in [4.69, 9.17) is 0 Å². The van der Waals surface area contributed by atoms with Crippen LogP contribution in [0.15, 0.2) is 0 Å². The van der Waals surface area contributed by atoms with E-state index in [-0.39, 0.29) is 0 Å². The fraction of sp³-hybridized carbons (Fsp3) is 1.00. The van der Waals surface area contributed by atoms with Crippen molar-refractivity contribution in [1.29, 1.82) is 0 Å². The Hall–Kier alpha value is 0. The normalized spacial score (nSPS) is 10.1. The van der Waals surface area contributed by atoms with Crippen molar-refractivity contribution in [3.05, 3.63) is 0 Å². The van der Waals surface area contributed by atoms with Crippen LogP contribution >= 0.6 is 0 Å². The molecule has 0 saturated heterocycles. The lowest BCUT2D eigenvalue weighted by atomic mass is 10.1. The van der Waals surface area contributed by atoms with Crippen molar-refractivity contribution in [2.45, 2.75) is 189 Å². The van der Waals surface area contributed by atoms with Gasteiger partial charge in [-0.3, -0.25) is 0 Å². The molecule has 0 rings (SSSR count). The largest absolute Gasteiger partial charge is 0.0654 e. The fourth-order valence-electron chi connectivity index (χ4n) is 3.44. The molecule has 0 amide bonds. The lowest BCUT2D eigenvalue weighted by molar-refractivity contribution is 0.562. The standard InChI is InChI=1S/C12H26.C10H22.C7H16/c1-3-5-7-9-11-12-10-8-6-4-2;1-3-5-7-9-10-8-6-4-2;1-3-5-7-6-4-2/h3-12H2,1-2H3;3-10H2,1-2H3;3-7H2,1-2H3. The van der Waals surface area contributed by atoms with E-state index in [0.717, 1.165) is 0 Å². The van der Waals surface area contributed by atoms with Crippen molar-refractivity contribution in [2.75, 3.05) is 0 Å². The maximum atomic E-state index is 2.28. The molecule has 0 heterocycles. The summed E-state index contributed by atoms with van der Waals surface area (Å²) in [5, 5.41) is 0. The van der Waals surface area contributed by atoms with Crippen LogP contribution in [0, 0.1) is 0 Å². The van der Waals surface area contributed by atoms with Gasteiger partial charge in [-0.1, -0.05) is 189 Å². The van der Waals surface area contributed by atoms with Gasteiger partial charge in [0.15, 0.2) is 0 Å². The lowest BCUT2D eigenvalue weighted by Crippen LogP contribution is -1.80. The Balaban J connectivity index is -0.000000362. The first-order valence-electron chi connectivity index (χ1n) is 14.2. The minimum absolute atomic E-state index is 1.36. The predicted octanol–water partition coefficient (Wildman–Crippen LogP) is 12.1. The Morgan fingerprint density at radius 3 is 0.414 bits per heavy atom. The first-order chi connectivity index (χ1) is 14.2. The highest BCUT2D eigenvalue weighted by Crippen LogP contribution is 2.10. The molecule has 0 fully saturated rings. The summed E-state index contributed by atoms with van der Waals surface area (Å²) in [5.74, 6) is 0. The first-order valence-corrected chi connectivity index (χ1v) is 14.2. The zero-order valence-corrected chi connectivity index (χ0v) is 22.3. The van der Waals surface area contributed by atoms with Crippen molar-refractivity contribution in [3.8, 4) is 0 Å². The minimum Gasteiger partial charge on any atom is -0.0654 e. The summed E-state index contributed by atoms with van der Waals surface area (Å²) in [5.41, 5.74) is 0. The second-order valence-electron chi connectivity index (χ2n) is 9.01. The topological polar surface area (TPSA) is 0 Å². The third-order valence-electron chi connectivity index (χ3n) is 5.62. The summed E-state index contributed by atoms with van der Waals surface area (Å²) in [4.78, 5) is 0. The molecular formula is C29H64. The van der Waals surface area contributed by atoms with Gasteiger partial charge in [0.05, 0.1) is 0 Å². The average Bonchev–Trinajstić information content (AvgIpc) is 2.74. The number of hydrogen-bond donors (Lipinski definition) is 0. The van der Waals surface area contributed by atoms with Crippen LogP contribution in [0.4, 0.5) is 0 Å². The molecule has 0 spiro atoms. The quantitative estimate of drug-likeness (QED) is 0.174. The van der Waals surface area contributed by atoms with E-state index in [2.05, 4.69) is 41.5 Å². The van der Waals surface area contributed by atoms with Crippen molar-refractivity contribution < 1.29 is 0 Å². The van der Waals surface area contributed by atoms with Gasteiger partial charge in [0, 0.05) is 0 Å². The van der Waals surface area contributed by atoms with Crippen LogP contribution < -0.4 is 0 Å². The van der Waals surface area contributed by atoms with Crippen LogP contribution in [0.2, 0.25) is 0 Å². The first kappa shape index (κ1) is 33.6. The van der Waals surface area contributed by atoms with E-state index in [1.165, 1.54) is 148 Å². The molecule has 0 radical (unpaired) electrons. The zero-order chi connectivity index (χ0) is 22.3. The third-order valence-corrected chi connectivity index (χ3v) is 5.62. The Labute approximate surface area is 189 Å². The molecular weight excluding hydrogens is 348 g/mol. The molecule has 0 N–H and O–H groups in total. The molecule has 0 aromatic carbocycles. The summed E-state index contributed by atoms with van der Waals surface area (Å²) < 4.78 is 0. The van der Waals surface area contributed by atoms with Gasteiger partial charge < -0.3 is 0 Å². The maximum absolute atomic E-state index is 2.28. The van der Waals surface area contributed by atoms with Gasteiger partial charge in [-0.25, -0.2) is 0 Å². The minimum atomic E-state index is 1.36. The molecule has 0 aromatic heterocycles. The highest BCUT2D eigenvalue weighted by atomic mass is 14.0. The molecule has 0 aliphatic heterocycles. The second kappa shape index (κ2) is 38.6. The Morgan fingerprint density at radius 1 is 0.172 bits per heavy atom. The Bertz CT molecular complexity index is 186. The highest BCUT2D eigenvalue weighted by Gasteiger charge is 1.90. The van der Waals surface area contributed by atoms with Crippen molar-refractivity contribution in [1.82, 2.24) is 0 Å². The smallest absolute Gasteiger partial charge is 0.0533 e. The SMILES string of the molecule is CCCCCCC.CCCCCCCCCC.CCCCCCCCCCCC. The molecule has 0 heteroatoms. The lowest BCUT2D eigenvalue weighted by Gasteiger charge is -1.99. The summed E-state index contributed by atoms with van der Waals surface area (Å²) in [7, 11) is 0. The molecule has 0 aliphatic carbocycles. The molecule has 0 bridgehead atoms. The highest BCUT2D eigenvalue weighted by molar-refractivity contribution is 4.46. The second-order valence-corrected chi connectivity index (χ2v) is 9.01. The van der Waals surface area contributed by atoms with Gasteiger partial charge in [0.1, 0.15) is 0 Å². The predicted molar refractivity (Wildman–Crippen MR) is 140 cm³/mol. The number of unbranched alkanes of at least 4 members (excludes halogenated alkanes) is 20. The molecule has 0 aliphatic rings. The van der Waals surface area contributed by atoms with Crippen molar-refractivity contribution >= 4 is 0 Å². The molecule has 0 unspecified atom stereocenters. The number of rotatable bonds is 20. The van der Waals surface area contributed by atoms with Crippen LogP contribution in [0.25, 0.3) is 0 Å². The van der Waals surface area contributed by atoms with E-state index in [9.17, 15) is 0 Å². The Kier molecular flexibility index (Phi) is 44.8. The van der Waals surface area contributed by atoms with Crippen molar-refractivity contribution in [3.63, 3.8) is 0 Å². The van der Waals surface area contributed by atoms with Crippen LogP contribution in [0.5, 0.6) is 0 Å². The monoisotopic (exact) mass is 413 g/mol. The van der Waals surface area contributed by atoms with Gasteiger partial charge in [-0.2, -0.15) is 0 Å². The van der Waals surface area contributed by atoms with E-state index in [1.807, 2.05) is 0 Å². The van der Waals surface area contributed by atoms with E-state index >= 15 is 0 Å². The van der Waals surface area contributed by atoms with E-state index in [1.54, 1.807) is 0 Å². The van der Waals surface area contributed by atoms with Crippen LogP contribution in [-0.4, -0.2) is 0 Å². The van der Waals surface area contributed by atoms with Crippen LogP contribution in [0.3, 0.4) is 0 Å². The van der Waals surface area contributed by atoms with Gasteiger partial charge in [0.25, 0.3) is 0 Å². The van der Waals surface area contributed by atoms with Crippen molar-refractivity contribution in [2.24, 2.45) is 0 Å². The summed E-state index contributed by atoms with van der Waals surface area (Å²) in [6.07, 6.45) is 32.9. The molecule has 0 nitrogen and oxygen atoms in total. The van der Waals surface area contributed by atoms with Gasteiger partial charge in [0.2, 0.25) is 0 Å². The third kappa shape index (κ3) is 47.3. The van der Waals surface area contributed by atoms with Gasteiger partial charge in [-0.05, 0) is 0 Å². The molecule has 180 valence electrons. The summed E-state index contributed by atoms with van der Waals surface area (Å²) >= 11 is 0. The Morgan fingerprint density at radius 2 is 0.276 bits per heavy atom. The molecule has 0 saturated carbocycles.